The molecule has 0 radical (unpaired) electrons. The maximum atomic E-state index is 12.9. The maximum Gasteiger partial charge on any atom is 0.431 e. The number of hydrogen-bond donors (Lipinski definition) is 2. The highest BCUT2D eigenvalue weighted by atomic mass is 32.2. The van der Waals surface area contributed by atoms with Crippen LogP contribution in [0.2, 0.25) is 0 Å². The minimum Gasteiger partial charge on any atom is -0.456 e. The summed E-state index contributed by atoms with van der Waals surface area (Å²) in [4.78, 5) is 41.0. The molecule has 2 N–H and O–H groups in total. The molecule has 4 rings (SSSR count). The number of Topliss-reactive ketones (excluding diaryl/α,β-unsaturated/α-hetero) is 1. The van der Waals surface area contributed by atoms with Crippen LogP contribution in [0.25, 0.3) is 21.9 Å². The molecule has 2 heterocycles. The van der Waals surface area contributed by atoms with Gasteiger partial charge in [-0.3, -0.25) is 14.6 Å². The van der Waals surface area contributed by atoms with Crippen LogP contribution in [0, 0.1) is 5.92 Å². The number of rotatable bonds is 11. The number of nitrogens with zero attached hydrogens (tertiary/aromatic N) is 2. The number of pyridine rings is 1. The first-order valence-corrected chi connectivity index (χ1v) is 13.5. The van der Waals surface area contributed by atoms with Crippen molar-refractivity contribution in [1.82, 2.24) is 15.0 Å². The third kappa shape index (κ3) is 6.03. The summed E-state index contributed by atoms with van der Waals surface area (Å²) in [5, 5.41) is 3.94. The number of ketones is 1. The minimum absolute atomic E-state index is 0.0140. The van der Waals surface area contributed by atoms with Crippen molar-refractivity contribution in [2.24, 2.45) is 5.92 Å². The Balaban J connectivity index is 1.40. The lowest BCUT2D eigenvalue weighted by Gasteiger charge is -2.14. The van der Waals surface area contributed by atoms with E-state index in [0.29, 0.717) is 28.7 Å². The van der Waals surface area contributed by atoms with Crippen molar-refractivity contribution in [2.75, 3.05) is 13.1 Å². The van der Waals surface area contributed by atoms with Gasteiger partial charge in [-0.15, -0.1) is 4.58 Å². The fourth-order valence-electron chi connectivity index (χ4n) is 4.07. The molecule has 0 aliphatic carbocycles. The number of aromatic nitrogens is 1. The van der Waals surface area contributed by atoms with Gasteiger partial charge in [0.1, 0.15) is 11.2 Å². The van der Waals surface area contributed by atoms with E-state index in [0.717, 1.165) is 5.39 Å². The largest absolute Gasteiger partial charge is 0.456 e. The molecular weight excluding hydrogens is 508 g/mol. The van der Waals surface area contributed by atoms with Crippen LogP contribution in [0.1, 0.15) is 20.3 Å². The molecule has 4 aromatic rings. The number of benzene rings is 2. The van der Waals surface area contributed by atoms with Crippen LogP contribution in [0.5, 0.6) is 0 Å². The van der Waals surface area contributed by atoms with Crippen LogP contribution < -0.4 is 10.0 Å². The van der Waals surface area contributed by atoms with Crippen molar-refractivity contribution >= 4 is 55.4 Å². The van der Waals surface area contributed by atoms with Gasteiger partial charge >= 0.3 is 6.08 Å². The lowest BCUT2D eigenvalue weighted by atomic mass is 10.0. The van der Waals surface area contributed by atoms with E-state index in [4.69, 9.17) is 4.42 Å². The molecule has 0 spiro atoms. The smallest absolute Gasteiger partial charge is 0.431 e. The normalized spacial score (nSPS) is 12.4. The van der Waals surface area contributed by atoms with Crippen LogP contribution in [-0.2, 0) is 24.4 Å². The Kier molecular flexibility index (Phi) is 8.11. The Morgan fingerprint density at radius 1 is 1.00 bits per heavy atom. The van der Waals surface area contributed by atoms with E-state index >= 15 is 0 Å². The number of amides is 1. The summed E-state index contributed by atoms with van der Waals surface area (Å²) in [5.41, 5.74) is 1.63. The Hall–Kier alpha value is -4.18. The highest BCUT2D eigenvalue weighted by molar-refractivity contribution is 7.89. The molecule has 11 heteroatoms. The molecule has 0 saturated heterocycles. The number of isocyanates is 1. The number of sulfonamides is 1. The number of carbonyl (C=O) groups excluding carboxylic acids is 3. The summed E-state index contributed by atoms with van der Waals surface area (Å²) < 4.78 is 34.9. The average Bonchev–Trinajstić information content (AvgIpc) is 3.29. The molecule has 1 atom stereocenters. The molecular formula is C27H27N4O6S+. The van der Waals surface area contributed by atoms with Gasteiger partial charge in [-0.05, 0) is 30.2 Å². The average molecular weight is 536 g/mol. The van der Waals surface area contributed by atoms with E-state index in [-0.39, 0.29) is 10.8 Å². The van der Waals surface area contributed by atoms with E-state index < -0.39 is 40.8 Å². The molecule has 2 aromatic heterocycles. The van der Waals surface area contributed by atoms with Gasteiger partial charge in [0.25, 0.3) is 5.91 Å². The third-order valence-electron chi connectivity index (χ3n) is 5.93. The predicted molar refractivity (Wildman–Crippen MR) is 140 cm³/mol. The Bertz CT molecular complexity index is 1640. The molecule has 0 unspecified atom stereocenters. The lowest BCUT2D eigenvalue weighted by Crippen LogP contribution is -2.44. The zero-order valence-corrected chi connectivity index (χ0v) is 21.7. The van der Waals surface area contributed by atoms with Crippen molar-refractivity contribution in [3.05, 3.63) is 67.0 Å². The summed E-state index contributed by atoms with van der Waals surface area (Å²) in [6.07, 6.45) is 5.10. The molecule has 1 amide bonds. The summed E-state index contributed by atoms with van der Waals surface area (Å²) in [7, 11) is -4.01. The fourth-order valence-corrected chi connectivity index (χ4v) is 5.11. The SMILES string of the molecule is CC(C)C[C@@H](C(=O)NCC(=O)CNS(=O)(=O)c1ccc2oc3ccccc3c2c1)[N+](=C=O)c1ccncc1. The first kappa shape index (κ1) is 26.9. The van der Waals surface area contributed by atoms with Crippen LogP contribution in [0.4, 0.5) is 5.69 Å². The summed E-state index contributed by atoms with van der Waals surface area (Å²) in [5.74, 6) is -1.03. The third-order valence-corrected chi connectivity index (χ3v) is 7.32. The molecule has 0 bridgehead atoms. The highest BCUT2D eigenvalue weighted by Gasteiger charge is 2.33. The number of hydrogen-bond acceptors (Lipinski definition) is 7. The quantitative estimate of drug-likeness (QED) is 0.171. The zero-order valence-electron chi connectivity index (χ0n) is 20.9. The van der Waals surface area contributed by atoms with Gasteiger partial charge in [0.2, 0.25) is 21.8 Å². The van der Waals surface area contributed by atoms with Gasteiger partial charge in [0, 0.05) is 41.7 Å². The summed E-state index contributed by atoms with van der Waals surface area (Å²) >= 11 is 0. The molecule has 196 valence electrons. The second-order valence-electron chi connectivity index (χ2n) is 9.15. The Labute approximate surface area is 219 Å². The van der Waals surface area contributed by atoms with Gasteiger partial charge in [-0.25, -0.2) is 13.1 Å². The monoisotopic (exact) mass is 535 g/mol. The van der Waals surface area contributed by atoms with Crippen molar-refractivity contribution in [3.8, 4) is 0 Å². The molecule has 38 heavy (non-hydrogen) atoms. The van der Waals surface area contributed by atoms with Gasteiger partial charge in [-0.1, -0.05) is 32.0 Å². The van der Waals surface area contributed by atoms with Gasteiger partial charge < -0.3 is 9.73 Å². The zero-order chi connectivity index (χ0) is 27.3. The van der Waals surface area contributed by atoms with E-state index in [2.05, 4.69) is 15.0 Å². The first-order valence-electron chi connectivity index (χ1n) is 12.0. The number of furan rings is 1. The van der Waals surface area contributed by atoms with Crippen molar-refractivity contribution in [1.29, 1.82) is 0 Å². The molecule has 0 aliphatic rings. The van der Waals surface area contributed by atoms with Gasteiger partial charge in [-0.2, -0.15) is 4.79 Å². The van der Waals surface area contributed by atoms with Crippen LogP contribution in [0.15, 0.2) is 76.3 Å². The molecule has 10 nitrogen and oxygen atoms in total. The molecule has 0 fully saturated rings. The minimum atomic E-state index is -4.01. The summed E-state index contributed by atoms with van der Waals surface area (Å²) in [6.45, 7) is 2.87. The Morgan fingerprint density at radius 3 is 2.42 bits per heavy atom. The van der Waals surface area contributed by atoms with E-state index in [9.17, 15) is 22.8 Å². The van der Waals surface area contributed by atoms with Crippen LogP contribution in [-0.4, -0.2) is 54.9 Å². The van der Waals surface area contributed by atoms with Crippen molar-refractivity contribution < 1.29 is 31.8 Å². The second-order valence-corrected chi connectivity index (χ2v) is 10.9. The highest BCUT2D eigenvalue weighted by Crippen LogP contribution is 2.30. The molecule has 0 aliphatic heterocycles. The number of carbonyl (C=O) groups is 2. The van der Waals surface area contributed by atoms with E-state index in [1.54, 1.807) is 30.3 Å². The van der Waals surface area contributed by atoms with Crippen LogP contribution in [0.3, 0.4) is 0 Å². The van der Waals surface area contributed by atoms with E-state index in [1.165, 1.54) is 29.1 Å². The maximum absolute atomic E-state index is 12.9. The van der Waals surface area contributed by atoms with Crippen LogP contribution >= 0.6 is 0 Å². The standard InChI is InChI=1S/C27H26N4O6S/c1-18(2)13-24(31(17-32)19-9-11-28-12-10-19)27(34)29-15-20(33)16-30-38(35,36)21-7-8-26-23(14-21)22-5-3-4-6-25(22)37-26/h3-12,14,18,24,30H,13,15-16H2,1-2H3/p+1/t24-/m0/s1. The number of nitrogens with one attached hydrogen (secondary N) is 2. The predicted octanol–water partition coefficient (Wildman–Crippen LogP) is 3.04. The molecule has 2 aromatic carbocycles. The van der Waals surface area contributed by atoms with E-state index in [1.807, 2.05) is 32.0 Å². The number of para-hydroxylation sites is 1. The Morgan fingerprint density at radius 2 is 1.71 bits per heavy atom. The number of fused-ring (bicyclic) bond motifs is 3. The summed E-state index contributed by atoms with van der Waals surface area (Å²) in [6, 6.07) is 14.0. The topological polar surface area (TPSA) is 138 Å². The molecule has 0 saturated carbocycles. The van der Waals surface area contributed by atoms with Gasteiger partial charge in [0.15, 0.2) is 5.78 Å². The lowest BCUT2D eigenvalue weighted by molar-refractivity contribution is -0.470. The first-order chi connectivity index (χ1) is 18.2. The van der Waals surface area contributed by atoms with Crippen molar-refractivity contribution in [2.45, 2.75) is 31.2 Å². The fraction of sp³-hybridized carbons (Fsp3) is 0.259. The van der Waals surface area contributed by atoms with Crippen molar-refractivity contribution in [3.63, 3.8) is 0 Å². The second kappa shape index (κ2) is 11.5. The van der Waals surface area contributed by atoms with Gasteiger partial charge in [0.05, 0.1) is 18.0 Å².